The second-order valence-electron chi connectivity index (χ2n) is 5.00. The molecule has 1 rings (SSSR count). The molecule has 0 aromatic heterocycles. The zero-order valence-electron chi connectivity index (χ0n) is 11.2. The molecule has 1 unspecified atom stereocenters. The Hall–Kier alpha value is -1.15. The molecule has 8 heteroatoms. The van der Waals surface area contributed by atoms with E-state index in [0.717, 1.165) is 32.1 Å². The lowest BCUT2D eigenvalue weighted by molar-refractivity contribution is -0.152. The minimum Gasteiger partial charge on any atom is -0.480 e. The summed E-state index contributed by atoms with van der Waals surface area (Å²) in [5.41, 5.74) is 0. The summed E-state index contributed by atoms with van der Waals surface area (Å²) >= 11 is 0. The summed E-state index contributed by atoms with van der Waals surface area (Å²) < 4.78 is 35.6. The van der Waals surface area contributed by atoms with E-state index in [0.29, 0.717) is 12.8 Å². The fraction of sp³-hybridized carbons (Fsp3) is 0.833. The van der Waals surface area contributed by atoms with Crippen LogP contribution >= 0.6 is 0 Å². The number of hydrogen-bond donors (Lipinski definition) is 2. The molecule has 20 heavy (non-hydrogen) atoms. The number of esters is 1. The number of carbonyl (C=O) groups excluding carboxylic acids is 1. The molecule has 1 fully saturated rings. The lowest BCUT2D eigenvalue weighted by Crippen LogP contribution is -2.33. The van der Waals surface area contributed by atoms with Crippen LogP contribution in [0.2, 0.25) is 0 Å². The van der Waals surface area contributed by atoms with E-state index in [1.807, 2.05) is 0 Å². The topological polar surface area (TPSA) is 118 Å². The summed E-state index contributed by atoms with van der Waals surface area (Å²) in [5, 5.41) is 6.54. The smallest absolute Gasteiger partial charge is 0.325 e. The van der Waals surface area contributed by atoms with E-state index in [1.165, 1.54) is 0 Å². The van der Waals surface area contributed by atoms with E-state index in [2.05, 4.69) is 0 Å². The van der Waals surface area contributed by atoms with Crippen molar-refractivity contribution in [3.8, 4) is 0 Å². The van der Waals surface area contributed by atoms with Gasteiger partial charge in [0, 0.05) is 0 Å². The van der Waals surface area contributed by atoms with Crippen molar-refractivity contribution in [2.75, 3.05) is 0 Å². The molecule has 0 aliphatic heterocycles. The second kappa shape index (κ2) is 7.58. The molecule has 0 bridgehead atoms. The van der Waals surface area contributed by atoms with E-state index in [1.54, 1.807) is 0 Å². The fourth-order valence-electron chi connectivity index (χ4n) is 2.24. The Balaban J connectivity index is 2.54. The van der Waals surface area contributed by atoms with Crippen molar-refractivity contribution >= 4 is 22.1 Å². The summed E-state index contributed by atoms with van der Waals surface area (Å²) in [6.07, 6.45) is 5.39. The van der Waals surface area contributed by atoms with Crippen LogP contribution < -0.4 is 0 Å². The Bertz CT molecular complexity index is 435. The van der Waals surface area contributed by atoms with Gasteiger partial charge in [0.15, 0.2) is 5.25 Å². The average molecular weight is 308 g/mol. The maximum Gasteiger partial charge on any atom is 0.325 e. The van der Waals surface area contributed by atoms with Crippen LogP contribution in [0.1, 0.15) is 51.4 Å². The molecule has 0 saturated heterocycles. The van der Waals surface area contributed by atoms with Gasteiger partial charge in [-0.25, -0.2) is 0 Å². The number of carboxylic acid groups (broad SMARTS) is 1. The third kappa shape index (κ3) is 5.87. The summed E-state index contributed by atoms with van der Waals surface area (Å²) in [6, 6.07) is 0. The van der Waals surface area contributed by atoms with Crippen molar-refractivity contribution in [2.24, 2.45) is 0 Å². The number of carbonyl (C=O) groups is 2. The maximum absolute atomic E-state index is 11.6. The number of ether oxygens (including phenoxy) is 1. The first-order valence-corrected chi connectivity index (χ1v) is 8.19. The molecule has 1 atom stereocenters. The van der Waals surface area contributed by atoms with E-state index < -0.39 is 33.7 Å². The first kappa shape index (κ1) is 16.9. The van der Waals surface area contributed by atoms with Gasteiger partial charge in [0.25, 0.3) is 10.1 Å². The predicted octanol–water partition coefficient (Wildman–Crippen LogP) is 1.37. The number of hydrogen-bond acceptors (Lipinski definition) is 5. The lowest BCUT2D eigenvalue weighted by atomic mass is 9.98. The van der Waals surface area contributed by atoms with Gasteiger partial charge in [-0.3, -0.25) is 14.1 Å². The van der Waals surface area contributed by atoms with Gasteiger partial charge in [0.2, 0.25) is 0 Å². The zero-order chi connectivity index (χ0) is 15.2. The highest BCUT2D eigenvalue weighted by atomic mass is 32.2. The van der Waals surface area contributed by atoms with Gasteiger partial charge in [-0.15, -0.1) is 0 Å². The minimum absolute atomic E-state index is 0.293. The Labute approximate surface area is 118 Å². The van der Waals surface area contributed by atoms with Crippen molar-refractivity contribution in [1.82, 2.24) is 0 Å². The molecule has 1 saturated carbocycles. The summed E-state index contributed by atoms with van der Waals surface area (Å²) in [5.74, 6) is -2.66. The van der Waals surface area contributed by atoms with Crippen molar-refractivity contribution in [2.45, 2.75) is 62.7 Å². The van der Waals surface area contributed by atoms with Crippen LogP contribution in [0, 0.1) is 0 Å². The zero-order valence-corrected chi connectivity index (χ0v) is 12.0. The molecule has 1 aliphatic carbocycles. The number of aliphatic carboxylic acids is 1. The van der Waals surface area contributed by atoms with Crippen molar-refractivity contribution < 1.29 is 32.4 Å². The standard InChI is InChI=1S/C12H20O7S/c13-11(8-10(12(14)15)20(16,17)18)19-9-6-4-2-1-3-5-7-9/h9-10H,1-8H2,(H,14,15)(H,16,17,18). The van der Waals surface area contributed by atoms with Crippen LogP contribution in [-0.4, -0.2) is 41.4 Å². The van der Waals surface area contributed by atoms with Gasteiger partial charge in [-0.2, -0.15) is 8.42 Å². The number of rotatable bonds is 5. The molecular formula is C12H20O7S. The Kier molecular flexibility index (Phi) is 6.41. The normalized spacial score (nSPS) is 19.6. The summed E-state index contributed by atoms with van der Waals surface area (Å²) in [7, 11) is -4.81. The van der Waals surface area contributed by atoms with Crippen LogP contribution in [0.3, 0.4) is 0 Å². The Morgan fingerprint density at radius 1 is 1.10 bits per heavy atom. The molecule has 2 N–H and O–H groups in total. The highest BCUT2D eigenvalue weighted by Crippen LogP contribution is 2.20. The quantitative estimate of drug-likeness (QED) is 0.581. The van der Waals surface area contributed by atoms with Gasteiger partial charge in [-0.05, 0) is 25.7 Å². The molecule has 7 nitrogen and oxygen atoms in total. The van der Waals surface area contributed by atoms with Crippen molar-refractivity contribution in [3.05, 3.63) is 0 Å². The average Bonchev–Trinajstić information content (AvgIpc) is 2.27. The molecule has 0 spiro atoms. The maximum atomic E-state index is 11.6. The highest BCUT2D eigenvalue weighted by molar-refractivity contribution is 7.87. The molecular weight excluding hydrogens is 288 g/mol. The van der Waals surface area contributed by atoms with Gasteiger partial charge in [-0.1, -0.05) is 19.3 Å². The molecule has 116 valence electrons. The molecule has 0 radical (unpaired) electrons. The number of carboxylic acids is 1. The van der Waals surface area contributed by atoms with Crippen LogP contribution in [0.15, 0.2) is 0 Å². The summed E-state index contributed by atoms with van der Waals surface area (Å²) in [6.45, 7) is 0. The predicted molar refractivity (Wildman–Crippen MR) is 69.8 cm³/mol. The molecule has 0 heterocycles. The van der Waals surface area contributed by atoms with Crippen LogP contribution in [0.4, 0.5) is 0 Å². The third-order valence-electron chi connectivity index (χ3n) is 3.34. The van der Waals surface area contributed by atoms with Gasteiger partial charge >= 0.3 is 11.9 Å². The molecule has 0 aromatic carbocycles. The lowest BCUT2D eigenvalue weighted by Gasteiger charge is -2.20. The molecule has 0 amide bonds. The van der Waals surface area contributed by atoms with Gasteiger partial charge in [0.1, 0.15) is 6.10 Å². The SMILES string of the molecule is O=C(CC(C(=O)O)S(=O)(=O)O)OC1CCCCCCC1. The van der Waals surface area contributed by atoms with E-state index >= 15 is 0 Å². The van der Waals surface area contributed by atoms with Crippen molar-refractivity contribution in [3.63, 3.8) is 0 Å². The van der Waals surface area contributed by atoms with E-state index in [9.17, 15) is 18.0 Å². The van der Waals surface area contributed by atoms with Crippen LogP contribution in [0.5, 0.6) is 0 Å². The van der Waals surface area contributed by atoms with Gasteiger partial charge in [0.05, 0.1) is 6.42 Å². The van der Waals surface area contributed by atoms with E-state index in [4.69, 9.17) is 14.4 Å². The largest absolute Gasteiger partial charge is 0.480 e. The first-order valence-electron chi connectivity index (χ1n) is 6.69. The molecule has 0 aromatic rings. The monoisotopic (exact) mass is 308 g/mol. The first-order chi connectivity index (χ1) is 9.30. The Morgan fingerprint density at radius 3 is 2.05 bits per heavy atom. The second-order valence-corrected chi connectivity index (χ2v) is 6.60. The van der Waals surface area contributed by atoms with E-state index in [-0.39, 0.29) is 6.10 Å². The third-order valence-corrected chi connectivity index (χ3v) is 4.42. The van der Waals surface area contributed by atoms with Crippen LogP contribution in [0.25, 0.3) is 0 Å². The minimum atomic E-state index is -4.81. The van der Waals surface area contributed by atoms with Crippen molar-refractivity contribution in [1.29, 1.82) is 0 Å². The van der Waals surface area contributed by atoms with Gasteiger partial charge < -0.3 is 9.84 Å². The Morgan fingerprint density at radius 2 is 1.60 bits per heavy atom. The molecule has 1 aliphatic rings. The van der Waals surface area contributed by atoms with Crippen LogP contribution in [-0.2, 0) is 24.4 Å². The highest BCUT2D eigenvalue weighted by Gasteiger charge is 2.34. The fourth-order valence-corrected chi connectivity index (χ4v) is 2.84. The summed E-state index contributed by atoms with van der Waals surface area (Å²) in [4.78, 5) is 22.3.